The molecule has 29 heavy (non-hydrogen) atoms. The van der Waals surface area contributed by atoms with Crippen LogP contribution in [0.25, 0.3) is 0 Å². The summed E-state index contributed by atoms with van der Waals surface area (Å²) in [5, 5.41) is 2.99. The van der Waals surface area contributed by atoms with Crippen LogP contribution in [0.15, 0.2) is 36.7 Å². The van der Waals surface area contributed by atoms with Gasteiger partial charge in [0.15, 0.2) is 11.6 Å². The van der Waals surface area contributed by atoms with Gasteiger partial charge in [0, 0.05) is 31.5 Å². The summed E-state index contributed by atoms with van der Waals surface area (Å²) < 4.78 is 22.6. The molecule has 1 aromatic carbocycles. The maximum Gasteiger partial charge on any atom is 0.317 e. The van der Waals surface area contributed by atoms with E-state index in [1.165, 1.54) is 6.07 Å². The molecule has 1 saturated heterocycles. The number of aromatic nitrogens is 2. The van der Waals surface area contributed by atoms with Crippen LogP contribution in [0.4, 0.5) is 9.18 Å². The number of likely N-dealkylation sites (tertiary alicyclic amines) is 1. The van der Waals surface area contributed by atoms with Gasteiger partial charge in [0.05, 0.1) is 6.04 Å². The van der Waals surface area contributed by atoms with E-state index in [0.717, 1.165) is 31.8 Å². The largest absolute Gasteiger partial charge is 0.485 e. The number of nitrogens with zero attached hydrogens (tertiary/aromatic N) is 3. The lowest BCUT2D eigenvalue weighted by atomic mass is 9.77. The van der Waals surface area contributed by atoms with Gasteiger partial charge in [-0.25, -0.2) is 14.2 Å². The van der Waals surface area contributed by atoms with Crippen LogP contribution in [0, 0.1) is 24.6 Å². The predicted octanol–water partition coefficient (Wildman–Crippen LogP) is 3.78. The van der Waals surface area contributed by atoms with Crippen LogP contribution in [-0.4, -0.2) is 45.7 Å². The Hall–Kier alpha value is -2.57. The van der Waals surface area contributed by atoms with Crippen molar-refractivity contribution in [2.24, 2.45) is 11.8 Å². The van der Waals surface area contributed by atoms with Gasteiger partial charge in [0.25, 0.3) is 0 Å². The molecule has 1 aliphatic carbocycles. The number of halogens is 1. The van der Waals surface area contributed by atoms with E-state index in [1.54, 1.807) is 24.4 Å². The molecule has 156 valence electrons. The molecule has 6 nitrogen and oxygen atoms in total. The minimum absolute atomic E-state index is 0.00339. The molecule has 2 amide bonds. The van der Waals surface area contributed by atoms with Crippen LogP contribution in [-0.2, 0) is 0 Å². The number of carbonyl (C=O) groups excluding carboxylic acids is 1. The second kappa shape index (κ2) is 8.05. The molecule has 2 heterocycles. The Morgan fingerprint density at radius 3 is 2.62 bits per heavy atom. The number of rotatable bonds is 4. The molecule has 1 saturated carbocycles. The number of carbonyl (C=O) groups is 1. The van der Waals surface area contributed by atoms with Gasteiger partial charge in [-0.2, -0.15) is 0 Å². The molecule has 1 aliphatic heterocycles. The van der Waals surface area contributed by atoms with Gasteiger partial charge in [-0.15, -0.1) is 0 Å². The minimum Gasteiger partial charge on any atom is -0.485 e. The van der Waals surface area contributed by atoms with Crippen LogP contribution in [0.2, 0.25) is 0 Å². The summed E-state index contributed by atoms with van der Waals surface area (Å²) in [6.07, 6.45) is 5.25. The number of hydrogen-bond acceptors (Lipinski definition) is 3. The minimum atomic E-state index is -0.347. The molecular weight excluding hydrogens is 371 g/mol. The van der Waals surface area contributed by atoms with E-state index in [4.69, 9.17) is 4.74 Å². The Morgan fingerprint density at radius 2 is 1.97 bits per heavy atom. The first-order chi connectivity index (χ1) is 13.9. The Morgan fingerprint density at radius 1 is 1.24 bits per heavy atom. The van der Waals surface area contributed by atoms with Crippen molar-refractivity contribution in [3.63, 3.8) is 0 Å². The van der Waals surface area contributed by atoms with E-state index in [-0.39, 0.29) is 35.8 Å². The van der Waals surface area contributed by atoms with E-state index in [0.29, 0.717) is 11.8 Å². The Balaban J connectivity index is 1.56. The molecule has 0 bridgehead atoms. The first-order valence-corrected chi connectivity index (χ1v) is 10.4. The molecule has 0 unspecified atom stereocenters. The van der Waals surface area contributed by atoms with Crippen molar-refractivity contribution in [1.29, 1.82) is 0 Å². The number of amides is 2. The normalized spacial score (nSPS) is 26.4. The first kappa shape index (κ1) is 19.7. The monoisotopic (exact) mass is 400 g/mol. The van der Waals surface area contributed by atoms with Crippen LogP contribution < -0.4 is 10.1 Å². The summed E-state index contributed by atoms with van der Waals surface area (Å²) in [5.41, 5.74) is 0. The van der Waals surface area contributed by atoms with Crippen molar-refractivity contribution in [2.45, 2.75) is 51.8 Å². The summed E-state index contributed by atoms with van der Waals surface area (Å²) in [6, 6.07) is 6.72. The van der Waals surface area contributed by atoms with Gasteiger partial charge in [-0.05, 0) is 57.6 Å². The summed E-state index contributed by atoms with van der Waals surface area (Å²) in [5.74, 6) is 1.61. The molecule has 1 N–H and O–H groups in total. The lowest BCUT2D eigenvalue weighted by Crippen LogP contribution is -2.41. The Labute approximate surface area is 171 Å². The number of para-hydroxylation sites is 1. The third-order valence-corrected chi connectivity index (χ3v) is 6.12. The van der Waals surface area contributed by atoms with Crippen LogP contribution >= 0.6 is 0 Å². The molecule has 4 atom stereocenters. The molecular formula is C22H29FN4O2. The quantitative estimate of drug-likeness (QED) is 0.850. The summed E-state index contributed by atoms with van der Waals surface area (Å²) >= 11 is 0. The summed E-state index contributed by atoms with van der Waals surface area (Å²) in [4.78, 5) is 18.8. The molecule has 2 fully saturated rings. The highest BCUT2D eigenvalue weighted by Crippen LogP contribution is 2.43. The highest BCUT2D eigenvalue weighted by atomic mass is 19.1. The maximum atomic E-state index is 14.2. The van der Waals surface area contributed by atoms with Crippen molar-refractivity contribution in [1.82, 2.24) is 19.8 Å². The van der Waals surface area contributed by atoms with E-state index in [1.807, 2.05) is 31.9 Å². The number of aryl methyl sites for hydroxylation is 1. The maximum absolute atomic E-state index is 14.2. The third-order valence-electron chi connectivity index (χ3n) is 6.12. The fourth-order valence-electron chi connectivity index (χ4n) is 4.76. The SMILES string of the molecule is Cc1nccn1[C@H]1C[C@H]2CN(C(=O)NC(C)C)C[C@H]2C[C@@H]1Oc1ccccc1F. The van der Waals surface area contributed by atoms with Gasteiger partial charge in [-0.3, -0.25) is 0 Å². The van der Waals surface area contributed by atoms with Crippen molar-refractivity contribution < 1.29 is 13.9 Å². The van der Waals surface area contributed by atoms with Gasteiger partial charge >= 0.3 is 6.03 Å². The van der Waals surface area contributed by atoms with E-state index in [2.05, 4.69) is 14.9 Å². The summed E-state index contributed by atoms with van der Waals surface area (Å²) in [6.45, 7) is 7.38. The van der Waals surface area contributed by atoms with Crippen molar-refractivity contribution >= 4 is 6.03 Å². The smallest absolute Gasteiger partial charge is 0.317 e. The predicted molar refractivity (Wildman–Crippen MR) is 108 cm³/mol. The van der Waals surface area contributed by atoms with Crippen LogP contribution in [0.1, 0.15) is 38.6 Å². The highest BCUT2D eigenvalue weighted by Gasteiger charge is 2.45. The number of hydrogen-bond donors (Lipinski definition) is 1. The number of ether oxygens (including phenoxy) is 1. The zero-order valence-electron chi connectivity index (χ0n) is 17.2. The molecule has 7 heteroatoms. The third kappa shape index (κ3) is 4.09. The zero-order chi connectivity index (χ0) is 20.5. The lowest BCUT2D eigenvalue weighted by Gasteiger charge is -2.39. The van der Waals surface area contributed by atoms with Gasteiger partial charge in [-0.1, -0.05) is 12.1 Å². The van der Waals surface area contributed by atoms with Crippen molar-refractivity contribution in [3.05, 3.63) is 48.3 Å². The molecule has 2 aliphatic rings. The molecule has 2 aromatic rings. The van der Waals surface area contributed by atoms with E-state index >= 15 is 0 Å². The Kier molecular flexibility index (Phi) is 5.48. The van der Waals surface area contributed by atoms with E-state index in [9.17, 15) is 9.18 Å². The number of fused-ring (bicyclic) bond motifs is 1. The first-order valence-electron chi connectivity index (χ1n) is 10.4. The second-order valence-electron chi connectivity index (χ2n) is 8.54. The van der Waals surface area contributed by atoms with Crippen molar-refractivity contribution in [2.75, 3.05) is 13.1 Å². The van der Waals surface area contributed by atoms with Crippen LogP contribution in [0.3, 0.4) is 0 Å². The van der Waals surface area contributed by atoms with Crippen LogP contribution in [0.5, 0.6) is 5.75 Å². The fraction of sp³-hybridized carbons (Fsp3) is 0.545. The number of imidazole rings is 1. The standard InChI is InChI=1S/C22H29FN4O2/c1-14(2)25-22(28)26-12-16-10-19(27-9-8-24-15(27)3)21(11-17(16)13-26)29-20-7-5-4-6-18(20)23/h4-9,14,16-17,19,21H,10-13H2,1-3H3,(H,25,28)/t16-,17+,19-,21-/m0/s1. The average molecular weight is 400 g/mol. The van der Waals surface area contributed by atoms with Crippen molar-refractivity contribution in [3.8, 4) is 5.75 Å². The second-order valence-corrected chi connectivity index (χ2v) is 8.54. The topological polar surface area (TPSA) is 59.4 Å². The number of urea groups is 1. The molecule has 0 radical (unpaired) electrons. The number of benzene rings is 1. The summed E-state index contributed by atoms with van der Waals surface area (Å²) in [7, 11) is 0. The van der Waals surface area contributed by atoms with E-state index < -0.39 is 0 Å². The molecule has 1 aromatic heterocycles. The zero-order valence-corrected chi connectivity index (χ0v) is 17.2. The average Bonchev–Trinajstić information content (AvgIpc) is 3.28. The fourth-order valence-corrected chi connectivity index (χ4v) is 4.76. The van der Waals surface area contributed by atoms with Gasteiger partial charge < -0.3 is 19.5 Å². The Bertz CT molecular complexity index is 868. The van der Waals surface area contributed by atoms with Gasteiger partial charge in [0.1, 0.15) is 11.9 Å². The van der Waals surface area contributed by atoms with Gasteiger partial charge in [0.2, 0.25) is 0 Å². The number of nitrogens with one attached hydrogen (secondary N) is 1. The lowest BCUT2D eigenvalue weighted by molar-refractivity contribution is 0.0509. The molecule has 0 spiro atoms. The highest BCUT2D eigenvalue weighted by molar-refractivity contribution is 5.74. The molecule has 4 rings (SSSR count).